The quantitative estimate of drug-likeness (QED) is 0.289. The molecule has 2 heteroatoms. The normalized spacial score (nSPS) is 12.0. The molecule has 0 saturated heterocycles. The summed E-state index contributed by atoms with van der Waals surface area (Å²) in [4.78, 5) is 0. The summed E-state index contributed by atoms with van der Waals surface area (Å²) in [6, 6.07) is 13.4. The smallest absolute Gasteiger partial charge is 0.000830 e. The van der Waals surface area contributed by atoms with Crippen molar-refractivity contribution in [2.24, 2.45) is 0 Å². The zero-order chi connectivity index (χ0) is 13.1. The van der Waals surface area contributed by atoms with E-state index in [9.17, 15) is 0 Å². The van der Waals surface area contributed by atoms with Gasteiger partial charge in [-0.2, -0.15) is 22.7 Å². The average Bonchev–Trinajstić information content (AvgIpc) is 3.14. The topological polar surface area (TPSA) is 0 Å². The van der Waals surface area contributed by atoms with Crippen LogP contribution in [0.2, 0.25) is 0 Å². The van der Waals surface area contributed by atoms with Crippen LogP contribution in [0, 0.1) is 0 Å². The van der Waals surface area contributed by atoms with E-state index in [4.69, 9.17) is 0 Å². The molecule has 2 heterocycles. The van der Waals surface area contributed by atoms with Crippen molar-refractivity contribution in [1.29, 1.82) is 0 Å². The van der Waals surface area contributed by atoms with Gasteiger partial charge in [-0.25, -0.2) is 0 Å². The van der Waals surface area contributed by atoms with Crippen molar-refractivity contribution in [3.8, 4) is 0 Å². The van der Waals surface area contributed by atoms with E-state index in [2.05, 4.69) is 57.9 Å². The molecule has 5 rings (SSSR count). The molecule has 0 radical (unpaired) electrons. The van der Waals surface area contributed by atoms with Crippen molar-refractivity contribution in [3.63, 3.8) is 0 Å². The lowest BCUT2D eigenvalue weighted by Crippen LogP contribution is -1.79. The van der Waals surface area contributed by atoms with Crippen molar-refractivity contribution >= 4 is 65.8 Å². The van der Waals surface area contributed by atoms with Crippen LogP contribution in [0.3, 0.4) is 0 Å². The predicted octanol–water partition coefficient (Wildman–Crippen LogP) is 6.42. The van der Waals surface area contributed by atoms with E-state index in [1.54, 1.807) is 22.7 Å². The molecule has 0 atom stereocenters. The molecule has 2 aromatic heterocycles. The molecular weight excluding hydrogens is 280 g/mol. The van der Waals surface area contributed by atoms with Crippen molar-refractivity contribution in [1.82, 2.24) is 0 Å². The predicted molar refractivity (Wildman–Crippen MR) is 92.2 cm³/mol. The molecule has 20 heavy (non-hydrogen) atoms. The minimum Gasteiger partial charge on any atom is -0.151 e. The lowest BCUT2D eigenvalue weighted by Gasteiger charge is -2.07. The molecule has 0 saturated carbocycles. The van der Waals surface area contributed by atoms with E-state index >= 15 is 0 Å². The molecule has 0 aliphatic carbocycles. The second-order valence-electron chi connectivity index (χ2n) is 5.14. The summed E-state index contributed by atoms with van der Waals surface area (Å²) in [5.41, 5.74) is 0. The van der Waals surface area contributed by atoms with E-state index in [0.29, 0.717) is 0 Å². The van der Waals surface area contributed by atoms with Crippen LogP contribution in [0.15, 0.2) is 57.9 Å². The molecule has 0 amide bonds. The van der Waals surface area contributed by atoms with Gasteiger partial charge >= 0.3 is 0 Å². The van der Waals surface area contributed by atoms with E-state index in [0.717, 1.165) is 0 Å². The fraction of sp³-hybridized carbons (Fsp3) is 0. The maximum absolute atomic E-state index is 2.28. The Morgan fingerprint density at radius 1 is 0.450 bits per heavy atom. The van der Waals surface area contributed by atoms with Gasteiger partial charge in [-0.1, -0.05) is 36.4 Å². The largest absolute Gasteiger partial charge is 0.151 e. The van der Waals surface area contributed by atoms with Crippen LogP contribution in [0.5, 0.6) is 0 Å². The van der Waals surface area contributed by atoms with Crippen LogP contribution in [-0.4, -0.2) is 0 Å². The number of rotatable bonds is 0. The molecule has 0 nitrogen and oxygen atoms in total. The second-order valence-corrected chi connectivity index (χ2v) is 6.63. The number of hydrogen-bond donors (Lipinski definition) is 0. The first-order valence-electron chi connectivity index (χ1n) is 6.58. The number of thiophene rings is 2. The van der Waals surface area contributed by atoms with Crippen LogP contribution in [0.4, 0.5) is 0 Å². The minimum atomic E-state index is 1.34. The lowest BCUT2D eigenvalue weighted by molar-refractivity contribution is 1.87. The SMILES string of the molecule is c1cc2ccc3ccc4cscc4c3c2c2cscc12. The van der Waals surface area contributed by atoms with Gasteiger partial charge < -0.3 is 0 Å². The Bertz CT molecular complexity index is 1010. The molecule has 0 fully saturated rings. The van der Waals surface area contributed by atoms with E-state index in [1.165, 1.54) is 43.1 Å². The standard InChI is InChI=1S/C18H10S2/c1-2-12-4-6-14-8-20-10-16(14)18(12)17-11(1)3-5-13-7-19-9-15(13)17/h1-10H. The molecule has 0 aliphatic heterocycles. The second kappa shape index (κ2) is 3.81. The molecule has 0 spiro atoms. The Morgan fingerprint density at radius 2 is 0.850 bits per heavy atom. The third-order valence-corrected chi connectivity index (χ3v) is 5.60. The maximum Gasteiger partial charge on any atom is 0.000830 e. The first-order chi connectivity index (χ1) is 9.92. The number of benzene rings is 3. The summed E-state index contributed by atoms with van der Waals surface area (Å²) in [5.74, 6) is 0. The first kappa shape index (κ1) is 10.8. The van der Waals surface area contributed by atoms with Crippen molar-refractivity contribution < 1.29 is 0 Å². The molecule has 0 aliphatic rings. The van der Waals surface area contributed by atoms with Gasteiger partial charge in [0.05, 0.1) is 0 Å². The first-order valence-corrected chi connectivity index (χ1v) is 8.47. The van der Waals surface area contributed by atoms with Gasteiger partial charge in [0, 0.05) is 10.8 Å². The summed E-state index contributed by atoms with van der Waals surface area (Å²) >= 11 is 3.57. The zero-order valence-corrected chi connectivity index (χ0v) is 12.2. The highest BCUT2D eigenvalue weighted by atomic mass is 32.1. The highest BCUT2D eigenvalue weighted by Gasteiger charge is 2.09. The Hall–Kier alpha value is -1.90. The zero-order valence-electron chi connectivity index (χ0n) is 10.6. The van der Waals surface area contributed by atoms with Gasteiger partial charge in [-0.3, -0.25) is 0 Å². The molecule has 94 valence electrons. The average molecular weight is 290 g/mol. The van der Waals surface area contributed by atoms with Gasteiger partial charge in [0.15, 0.2) is 0 Å². The number of hydrogen-bond acceptors (Lipinski definition) is 2. The van der Waals surface area contributed by atoms with E-state index < -0.39 is 0 Å². The Labute approximate surface area is 123 Å². The van der Waals surface area contributed by atoms with Gasteiger partial charge in [-0.05, 0) is 53.8 Å². The Morgan fingerprint density at radius 3 is 1.30 bits per heavy atom. The van der Waals surface area contributed by atoms with Gasteiger partial charge in [0.25, 0.3) is 0 Å². The van der Waals surface area contributed by atoms with Crippen LogP contribution in [0.1, 0.15) is 0 Å². The summed E-state index contributed by atoms with van der Waals surface area (Å²) in [6.07, 6.45) is 0. The maximum atomic E-state index is 2.28. The summed E-state index contributed by atoms with van der Waals surface area (Å²) in [6.45, 7) is 0. The van der Waals surface area contributed by atoms with Crippen LogP contribution < -0.4 is 0 Å². The van der Waals surface area contributed by atoms with E-state index in [-0.39, 0.29) is 0 Å². The van der Waals surface area contributed by atoms with Crippen molar-refractivity contribution in [2.45, 2.75) is 0 Å². The lowest BCUT2D eigenvalue weighted by atomic mass is 9.96. The molecular formula is C18H10S2. The van der Waals surface area contributed by atoms with Gasteiger partial charge in [0.1, 0.15) is 0 Å². The summed E-state index contributed by atoms with van der Waals surface area (Å²) in [7, 11) is 0. The fourth-order valence-corrected chi connectivity index (χ4v) is 4.75. The highest BCUT2D eigenvalue weighted by Crippen LogP contribution is 2.38. The van der Waals surface area contributed by atoms with Gasteiger partial charge in [-0.15, -0.1) is 0 Å². The number of fused-ring (bicyclic) bond motifs is 7. The van der Waals surface area contributed by atoms with Crippen molar-refractivity contribution in [2.75, 3.05) is 0 Å². The van der Waals surface area contributed by atoms with E-state index in [1.807, 2.05) is 0 Å². The third-order valence-electron chi connectivity index (χ3n) is 4.08. The minimum absolute atomic E-state index is 1.34. The molecule has 0 N–H and O–H groups in total. The van der Waals surface area contributed by atoms with Crippen LogP contribution in [0.25, 0.3) is 43.1 Å². The third kappa shape index (κ3) is 1.30. The molecule has 5 aromatic rings. The van der Waals surface area contributed by atoms with Crippen LogP contribution >= 0.6 is 22.7 Å². The molecule has 0 unspecified atom stereocenters. The summed E-state index contributed by atoms with van der Waals surface area (Å²) in [5, 5.41) is 20.0. The Kier molecular flexibility index (Phi) is 2.07. The molecule has 3 aromatic carbocycles. The van der Waals surface area contributed by atoms with Gasteiger partial charge in [0.2, 0.25) is 0 Å². The van der Waals surface area contributed by atoms with Crippen LogP contribution in [-0.2, 0) is 0 Å². The fourth-order valence-electron chi connectivity index (χ4n) is 3.13. The molecule has 0 bridgehead atoms. The highest BCUT2D eigenvalue weighted by molar-refractivity contribution is 7.10. The van der Waals surface area contributed by atoms with Crippen molar-refractivity contribution in [3.05, 3.63) is 57.9 Å². The summed E-state index contributed by atoms with van der Waals surface area (Å²) < 4.78 is 0. The Balaban J connectivity index is 2.23. The monoisotopic (exact) mass is 290 g/mol.